The average molecular weight is 391 g/mol. The molecule has 0 aliphatic rings. The summed E-state index contributed by atoms with van der Waals surface area (Å²) in [6.45, 7) is 7.37. The standard InChI is InChI=1S/C21H26N2O3.ClH/c1-5-9-15-12-17(13-19(25-3)20(15)26-4)21(24)23-18-11-8-7-10-16(18)14-22-6-2;/h5,7-8,10-13,22H,1,6,9,14H2,2-4H3,(H,23,24);1H. The zero-order valence-corrected chi connectivity index (χ0v) is 16.8. The number of rotatable bonds is 9. The highest BCUT2D eigenvalue weighted by atomic mass is 35.5. The first kappa shape index (κ1) is 22.5. The Labute approximate surface area is 167 Å². The molecule has 0 saturated heterocycles. The van der Waals surface area contributed by atoms with Crippen molar-refractivity contribution in [2.75, 3.05) is 26.1 Å². The fourth-order valence-corrected chi connectivity index (χ4v) is 2.73. The summed E-state index contributed by atoms with van der Waals surface area (Å²) in [6, 6.07) is 11.3. The third kappa shape index (κ3) is 5.74. The van der Waals surface area contributed by atoms with Crippen molar-refractivity contribution in [2.24, 2.45) is 0 Å². The summed E-state index contributed by atoms with van der Waals surface area (Å²) in [7, 11) is 3.14. The van der Waals surface area contributed by atoms with Crippen molar-refractivity contribution in [1.82, 2.24) is 5.32 Å². The first-order valence-corrected chi connectivity index (χ1v) is 8.60. The Morgan fingerprint density at radius 3 is 2.52 bits per heavy atom. The van der Waals surface area contributed by atoms with E-state index in [1.807, 2.05) is 37.3 Å². The van der Waals surface area contributed by atoms with Crippen LogP contribution in [0.15, 0.2) is 49.1 Å². The highest BCUT2D eigenvalue weighted by molar-refractivity contribution is 6.05. The molecule has 0 heterocycles. The molecule has 1 amide bonds. The summed E-state index contributed by atoms with van der Waals surface area (Å²) < 4.78 is 10.8. The zero-order valence-electron chi connectivity index (χ0n) is 16.0. The molecule has 0 saturated carbocycles. The van der Waals surface area contributed by atoms with Crippen molar-refractivity contribution in [1.29, 1.82) is 0 Å². The molecule has 146 valence electrons. The van der Waals surface area contributed by atoms with Gasteiger partial charge in [-0.1, -0.05) is 31.2 Å². The Kier molecular flexibility index (Phi) is 9.40. The van der Waals surface area contributed by atoms with Crippen LogP contribution < -0.4 is 20.1 Å². The molecule has 0 aliphatic heterocycles. The van der Waals surface area contributed by atoms with Gasteiger partial charge >= 0.3 is 0 Å². The van der Waals surface area contributed by atoms with Crippen LogP contribution in [0, 0.1) is 0 Å². The molecule has 2 rings (SSSR count). The van der Waals surface area contributed by atoms with E-state index in [2.05, 4.69) is 17.2 Å². The minimum Gasteiger partial charge on any atom is -0.493 e. The molecule has 0 radical (unpaired) electrons. The number of benzene rings is 2. The second kappa shape index (κ2) is 11.3. The lowest BCUT2D eigenvalue weighted by Gasteiger charge is -2.15. The number of nitrogens with one attached hydrogen (secondary N) is 2. The van der Waals surface area contributed by atoms with Gasteiger partial charge in [-0.25, -0.2) is 0 Å². The molecule has 2 N–H and O–H groups in total. The van der Waals surface area contributed by atoms with Gasteiger partial charge in [0.25, 0.3) is 5.91 Å². The molecule has 0 aromatic heterocycles. The maximum absolute atomic E-state index is 12.8. The van der Waals surface area contributed by atoms with Crippen molar-refractivity contribution < 1.29 is 14.3 Å². The molecule has 6 heteroatoms. The van der Waals surface area contributed by atoms with Gasteiger partial charge in [0, 0.05) is 23.4 Å². The SMILES string of the molecule is C=CCc1cc(C(=O)Nc2ccccc2CNCC)cc(OC)c1OC.Cl. The van der Waals surface area contributed by atoms with E-state index in [1.165, 1.54) is 0 Å². The van der Waals surface area contributed by atoms with Gasteiger partial charge in [0.2, 0.25) is 0 Å². The molecule has 0 bridgehead atoms. The number of para-hydroxylation sites is 1. The molecular weight excluding hydrogens is 364 g/mol. The second-order valence-corrected chi connectivity index (χ2v) is 5.76. The summed E-state index contributed by atoms with van der Waals surface area (Å²) in [5.41, 5.74) is 3.19. The van der Waals surface area contributed by atoms with Gasteiger partial charge in [0.1, 0.15) is 0 Å². The van der Waals surface area contributed by atoms with Gasteiger partial charge in [-0.3, -0.25) is 4.79 Å². The average Bonchev–Trinajstić information content (AvgIpc) is 2.66. The molecule has 5 nitrogen and oxygen atoms in total. The normalized spacial score (nSPS) is 9.89. The van der Waals surface area contributed by atoms with Crippen LogP contribution in [-0.2, 0) is 13.0 Å². The minimum atomic E-state index is -0.194. The van der Waals surface area contributed by atoms with Crippen LogP contribution in [0.4, 0.5) is 5.69 Å². The van der Waals surface area contributed by atoms with E-state index in [1.54, 1.807) is 26.4 Å². The maximum Gasteiger partial charge on any atom is 0.255 e. The monoisotopic (exact) mass is 390 g/mol. The van der Waals surface area contributed by atoms with E-state index in [4.69, 9.17) is 9.47 Å². The topological polar surface area (TPSA) is 59.6 Å². The maximum atomic E-state index is 12.8. The Morgan fingerprint density at radius 2 is 1.89 bits per heavy atom. The number of carbonyl (C=O) groups excluding carboxylic acids is 1. The summed E-state index contributed by atoms with van der Waals surface area (Å²) in [5, 5.41) is 6.27. The minimum absolute atomic E-state index is 0. The number of anilines is 1. The van der Waals surface area contributed by atoms with Gasteiger partial charge < -0.3 is 20.1 Å². The van der Waals surface area contributed by atoms with Gasteiger partial charge in [-0.05, 0) is 36.7 Å². The Hall–Kier alpha value is -2.50. The van der Waals surface area contributed by atoms with Crippen molar-refractivity contribution in [2.45, 2.75) is 19.9 Å². The van der Waals surface area contributed by atoms with Crippen molar-refractivity contribution in [3.05, 3.63) is 65.7 Å². The largest absolute Gasteiger partial charge is 0.493 e. The van der Waals surface area contributed by atoms with Crippen molar-refractivity contribution in [3.8, 4) is 11.5 Å². The summed E-state index contributed by atoms with van der Waals surface area (Å²) in [6.07, 6.45) is 2.35. The first-order valence-electron chi connectivity index (χ1n) is 8.60. The molecule has 0 spiro atoms. The van der Waals surface area contributed by atoms with Crippen LogP contribution in [0.25, 0.3) is 0 Å². The molecule has 0 aliphatic carbocycles. The number of hydrogen-bond acceptors (Lipinski definition) is 4. The van der Waals surface area contributed by atoms with E-state index >= 15 is 0 Å². The van der Waals surface area contributed by atoms with Gasteiger partial charge in [-0.2, -0.15) is 0 Å². The quantitative estimate of drug-likeness (QED) is 0.629. The highest BCUT2D eigenvalue weighted by Gasteiger charge is 2.16. The number of halogens is 1. The highest BCUT2D eigenvalue weighted by Crippen LogP contribution is 2.33. The van der Waals surface area contributed by atoms with Crippen LogP contribution in [0.3, 0.4) is 0 Å². The van der Waals surface area contributed by atoms with Crippen LogP contribution in [0.5, 0.6) is 11.5 Å². The van der Waals surface area contributed by atoms with E-state index in [0.717, 1.165) is 23.4 Å². The molecule has 0 fully saturated rings. The third-order valence-electron chi connectivity index (χ3n) is 4.01. The third-order valence-corrected chi connectivity index (χ3v) is 4.01. The molecule has 0 atom stereocenters. The number of carbonyl (C=O) groups is 1. The van der Waals surface area contributed by atoms with Crippen LogP contribution in [0.2, 0.25) is 0 Å². The number of allylic oxidation sites excluding steroid dienone is 1. The first-order chi connectivity index (χ1) is 12.6. The molecule has 2 aromatic rings. The number of hydrogen-bond donors (Lipinski definition) is 2. The molecular formula is C21H27ClN2O3. The Morgan fingerprint density at radius 1 is 1.15 bits per heavy atom. The van der Waals surface area contributed by atoms with E-state index in [-0.39, 0.29) is 18.3 Å². The Bertz CT molecular complexity index is 778. The zero-order chi connectivity index (χ0) is 18.9. The lowest BCUT2D eigenvalue weighted by molar-refractivity contribution is 0.102. The van der Waals surface area contributed by atoms with Gasteiger partial charge in [0.05, 0.1) is 14.2 Å². The summed E-state index contributed by atoms with van der Waals surface area (Å²) in [4.78, 5) is 12.8. The Balaban J connectivity index is 0.00000364. The lowest BCUT2D eigenvalue weighted by atomic mass is 10.0. The van der Waals surface area contributed by atoms with Crippen LogP contribution in [0.1, 0.15) is 28.4 Å². The van der Waals surface area contributed by atoms with Crippen molar-refractivity contribution >= 4 is 24.0 Å². The predicted octanol–water partition coefficient (Wildman–Crippen LogP) is 4.22. The number of amides is 1. The lowest BCUT2D eigenvalue weighted by Crippen LogP contribution is -2.17. The van der Waals surface area contributed by atoms with Crippen molar-refractivity contribution in [3.63, 3.8) is 0 Å². The fourth-order valence-electron chi connectivity index (χ4n) is 2.73. The van der Waals surface area contributed by atoms with Gasteiger partial charge in [0.15, 0.2) is 11.5 Å². The van der Waals surface area contributed by atoms with Crippen LogP contribution in [-0.4, -0.2) is 26.7 Å². The second-order valence-electron chi connectivity index (χ2n) is 5.76. The smallest absolute Gasteiger partial charge is 0.255 e. The van der Waals surface area contributed by atoms with E-state index in [9.17, 15) is 4.79 Å². The molecule has 0 unspecified atom stereocenters. The number of ether oxygens (including phenoxy) is 2. The summed E-state index contributed by atoms with van der Waals surface area (Å²) >= 11 is 0. The molecule has 2 aromatic carbocycles. The van der Waals surface area contributed by atoms with Gasteiger partial charge in [-0.15, -0.1) is 19.0 Å². The fraction of sp³-hybridized carbons (Fsp3) is 0.286. The summed E-state index contributed by atoms with van der Waals surface area (Å²) in [5.74, 6) is 0.953. The predicted molar refractivity (Wildman–Crippen MR) is 112 cm³/mol. The van der Waals surface area contributed by atoms with E-state index in [0.29, 0.717) is 30.0 Å². The van der Waals surface area contributed by atoms with Crippen LogP contribution >= 0.6 is 12.4 Å². The molecule has 27 heavy (non-hydrogen) atoms. The van der Waals surface area contributed by atoms with E-state index < -0.39 is 0 Å². The number of methoxy groups -OCH3 is 2.